The van der Waals surface area contributed by atoms with E-state index in [1.807, 2.05) is 11.5 Å². The Morgan fingerprint density at radius 2 is 1.91 bits per heavy atom. The molecule has 0 atom stereocenters. The molecule has 1 aliphatic rings. The van der Waals surface area contributed by atoms with E-state index in [9.17, 15) is 8.78 Å². The standard InChI is InChI=1S/C16H12F2N4/c1-9-20-21-16-3-2-10-5-13(11-4-12(17)8-19-7-11)14(18)6-15(10)22(9)16/h4-8H,2-3H2,1H3. The van der Waals surface area contributed by atoms with Gasteiger partial charge >= 0.3 is 0 Å². The van der Waals surface area contributed by atoms with Gasteiger partial charge in [-0.1, -0.05) is 0 Å². The summed E-state index contributed by atoms with van der Waals surface area (Å²) in [5, 5.41) is 8.16. The number of hydrogen-bond donors (Lipinski definition) is 0. The molecular formula is C16H12F2N4. The van der Waals surface area contributed by atoms with Gasteiger partial charge in [-0.2, -0.15) is 0 Å². The van der Waals surface area contributed by atoms with Gasteiger partial charge in [-0.25, -0.2) is 8.78 Å². The van der Waals surface area contributed by atoms with Gasteiger partial charge in [0.2, 0.25) is 0 Å². The Bertz CT molecular complexity index is 886. The van der Waals surface area contributed by atoms with E-state index in [0.717, 1.165) is 41.9 Å². The molecule has 0 radical (unpaired) electrons. The first-order chi connectivity index (χ1) is 10.6. The summed E-state index contributed by atoms with van der Waals surface area (Å²) in [4.78, 5) is 3.79. The van der Waals surface area contributed by atoms with Crippen LogP contribution in [0.4, 0.5) is 8.78 Å². The molecule has 22 heavy (non-hydrogen) atoms. The van der Waals surface area contributed by atoms with E-state index < -0.39 is 11.6 Å². The van der Waals surface area contributed by atoms with Crippen molar-refractivity contribution in [2.75, 3.05) is 0 Å². The molecule has 4 nitrogen and oxygen atoms in total. The summed E-state index contributed by atoms with van der Waals surface area (Å²) in [5.74, 6) is 0.679. The number of benzene rings is 1. The Morgan fingerprint density at radius 1 is 1.05 bits per heavy atom. The molecule has 2 aromatic heterocycles. The second kappa shape index (κ2) is 4.69. The molecular weight excluding hydrogens is 286 g/mol. The van der Waals surface area contributed by atoms with E-state index in [1.165, 1.54) is 18.3 Å². The van der Waals surface area contributed by atoms with Crippen molar-refractivity contribution in [3.63, 3.8) is 0 Å². The van der Waals surface area contributed by atoms with E-state index >= 15 is 0 Å². The summed E-state index contributed by atoms with van der Waals surface area (Å²) in [7, 11) is 0. The van der Waals surface area contributed by atoms with Crippen molar-refractivity contribution >= 4 is 0 Å². The Kier molecular flexibility index (Phi) is 2.79. The Hall–Kier alpha value is -2.63. The molecule has 0 N–H and O–H groups in total. The molecule has 110 valence electrons. The van der Waals surface area contributed by atoms with Crippen LogP contribution in [0.5, 0.6) is 0 Å². The molecule has 4 rings (SSSR count). The van der Waals surface area contributed by atoms with Crippen molar-refractivity contribution in [2.24, 2.45) is 0 Å². The van der Waals surface area contributed by atoms with Gasteiger partial charge in [-0.15, -0.1) is 10.2 Å². The molecule has 0 fully saturated rings. The summed E-state index contributed by atoms with van der Waals surface area (Å²) in [6, 6.07) is 4.52. The number of aromatic nitrogens is 4. The third-order valence-electron chi connectivity index (χ3n) is 3.93. The first-order valence-electron chi connectivity index (χ1n) is 6.98. The fraction of sp³-hybridized carbons (Fsp3) is 0.188. The van der Waals surface area contributed by atoms with Crippen LogP contribution in [0, 0.1) is 18.6 Å². The maximum Gasteiger partial charge on any atom is 0.142 e. The quantitative estimate of drug-likeness (QED) is 0.693. The molecule has 1 aromatic carbocycles. The van der Waals surface area contributed by atoms with Crippen molar-refractivity contribution in [2.45, 2.75) is 19.8 Å². The molecule has 0 aliphatic carbocycles. The first-order valence-corrected chi connectivity index (χ1v) is 6.98. The monoisotopic (exact) mass is 298 g/mol. The zero-order chi connectivity index (χ0) is 15.3. The van der Waals surface area contributed by atoms with Crippen LogP contribution in [0.15, 0.2) is 30.6 Å². The topological polar surface area (TPSA) is 43.6 Å². The maximum absolute atomic E-state index is 14.5. The van der Waals surface area contributed by atoms with Crippen molar-refractivity contribution in [3.8, 4) is 16.8 Å². The van der Waals surface area contributed by atoms with Gasteiger partial charge in [0, 0.05) is 23.7 Å². The highest BCUT2D eigenvalue weighted by atomic mass is 19.1. The van der Waals surface area contributed by atoms with Crippen LogP contribution in [-0.2, 0) is 12.8 Å². The minimum absolute atomic E-state index is 0.361. The average molecular weight is 298 g/mol. The Labute approximate surface area is 125 Å². The minimum Gasteiger partial charge on any atom is -0.283 e. The molecule has 0 spiro atoms. The van der Waals surface area contributed by atoms with Crippen LogP contribution in [0.2, 0.25) is 0 Å². The second-order valence-electron chi connectivity index (χ2n) is 5.35. The lowest BCUT2D eigenvalue weighted by molar-refractivity contribution is 0.618. The van der Waals surface area contributed by atoms with Crippen LogP contribution in [0.3, 0.4) is 0 Å². The maximum atomic E-state index is 14.5. The fourth-order valence-corrected chi connectivity index (χ4v) is 2.92. The predicted octanol–water partition coefficient (Wildman–Crippen LogP) is 3.01. The number of rotatable bonds is 1. The number of nitrogens with zero attached hydrogens (tertiary/aromatic N) is 4. The predicted molar refractivity (Wildman–Crippen MR) is 76.7 cm³/mol. The van der Waals surface area contributed by atoms with Gasteiger partial charge < -0.3 is 0 Å². The second-order valence-corrected chi connectivity index (χ2v) is 5.35. The van der Waals surface area contributed by atoms with Crippen molar-refractivity contribution in [1.29, 1.82) is 0 Å². The first kappa shape index (κ1) is 13.1. The van der Waals surface area contributed by atoms with Gasteiger partial charge in [0.05, 0.1) is 11.9 Å². The Morgan fingerprint density at radius 3 is 2.73 bits per heavy atom. The lowest BCUT2D eigenvalue weighted by atomic mass is 9.97. The third kappa shape index (κ3) is 1.91. The molecule has 0 saturated carbocycles. The van der Waals surface area contributed by atoms with Gasteiger partial charge in [0.25, 0.3) is 0 Å². The van der Waals surface area contributed by atoms with E-state index in [0.29, 0.717) is 11.1 Å². The van der Waals surface area contributed by atoms with E-state index in [-0.39, 0.29) is 0 Å². The van der Waals surface area contributed by atoms with Crippen molar-refractivity contribution in [3.05, 3.63) is 59.4 Å². The van der Waals surface area contributed by atoms with Crippen LogP contribution < -0.4 is 0 Å². The van der Waals surface area contributed by atoms with Gasteiger partial charge in [0.15, 0.2) is 0 Å². The molecule has 0 amide bonds. The number of halogens is 2. The molecule has 0 saturated heterocycles. The van der Waals surface area contributed by atoms with Gasteiger partial charge in [-0.05, 0) is 37.1 Å². The molecule has 3 heterocycles. The van der Waals surface area contributed by atoms with E-state index in [1.54, 1.807) is 6.07 Å². The van der Waals surface area contributed by atoms with Crippen molar-refractivity contribution < 1.29 is 8.78 Å². The lowest BCUT2D eigenvalue weighted by Gasteiger charge is -2.20. The van der Waals surface area contributed by atoms with Gasteiger partial charge in [0.1, 0.15) is 23.3 Å². The van der Waals surface area contributed by atoms with Crippen LogP contribution in [-0.4, -0.2) is 19.7 Å². The number of hydrogen-bond acceptors (Lipinski definition) is 3. The number of fused-ring (bicyclic) bond motifs is 3. The number of pyridine rings is 1. The molecule has 0 unspecified atom stereocenters. The molecule has 0 bridgehead atoms. The summed E-state index contributed by atoms with van der Waals surface area (Å²) in [6.45, 7) is 1.84. The molecule has 3 aromatic rings. The smallest absolute Gasteiger partial charge is 0.142 e. The summed E-state index contributed by atoms with van der Waals surface area (Å²) >= 11 is 0. The number of aryl methyl sites for hydroxylation is 3. The lowest BCUT2D eigenvalue weighted by Crippen LogP contribution is -2.14. The van der Waals surface area contributed by atoms with Crippen molar-refractivity contribution in [1.82, 2.24) is 19.7 Å². The highest BCUT2D eigenvalue weighted by molar-refractivity contribution is 5.67. The highest BCUT2D eigenvalue weighted by Gasteiger charge is 2.22. The third-order valence-corrected chi connectivity index (χ3v) is 3.93. The fourth-order valence-electron chi connectivity index (χ4n) is 2.92. The average Bonchev–Trinajstić information content (AvgIpc) is 2.88. The Balaban J connectivity index is 1.91. The highest BCUT2D eigenvalue weighted by Crippen LogP contribution is 2.32. The summed E-state index contributed by atoms with van der Waals surface area (Å²) < 4.78 is 29.7. The molecule has 1 aliphatic heterocycles. The summed E-state index contributed by atoms with van der Waals surface area (Å²) in [6.07, 6.45) is 4.07. The zero-order valence-corrected chi connectivity index (χ0v) is 11.8. The molecule has 6 heteroatoms. The van der Waals surface area contributed by atoms with Crippen LogP contribution in [0.1, 0.15) is 17.2 Å². The zero-order valence-electron chi connectivity index (χ0n) is 11.8. The van der Waals surface area contributed by atoms with E-state index in [4.69, 9.17) is 0 Å². The normalized spacial score (nSPS) is 12.9. The minimum atomic E-state index is -0.480. The SMILES string of the molecule is Cc1nnc2n1-c1cc(F)c(-c3cncc(F)c3)cc1CC2. The van der Waals surface area contributed by atoms with Crippen LogP contribution in [0.25, 0.3) is 16.8 Å². The van der Waals surface area contributed by atoms with Gasteiger partial charge in [-0.3, -0.25) is 9.55 Å². The summed E-state index contributed by atoms with van der Waals surface area (Å²) in [5.41, 5.74) is 2.55. The van der Waals surface area contributed by atoms with Crippen LogP contribution >= 0.6 is 0 Å². The van der Waals surface area contributed by atoms with E-state index in [2.05, 4.69) is 15.2 Å². The largest absolute Gasteiger partial charge is 0.283 e.